The number of piperidine rings is 1. The minimum atomic E-state index is -0.944. The average molecular weight is 425 g/mol. The van der Waals surface area contributed by atoms with Crippen LogP contribution in [-0.4, -0.2) is 58.1 Å². The van der Waals surface area contributed by atoms with Crippen molar-refractivity contribution in [1.29, 1.82) is 0 Å². The first-order valence-corrected chi connectivity index (χ1v) is 10.7. The zero-order valence-electron chi connectivity index (χ0n) is 17.0. The monoisotopic (exact) mass is 425 g/mol. The molecule has 0 radical (unpaired) electrons. The van der Waals surface area contributed by atoms with Crippen molar-refractivity contribution in [1.82, 2.24) is 15.1 Å². The summed E-state index contributed by atoms with van der Waals surface area (Å²) in [6.45, 7) is 1.92. The highest BCUT2D eigenvalue weighted by atomic mass is 16.5. The number of nitrogens with one attached hydrogen (secondary N) is 1. The van der Waals surface area contributed by atoms with Gasteiger partial charge in [-0.25, -0.2) is 0 Å². The minimum absolute atomic E-state index is 0.00367. The van der Waals surface area contributed by atoms with E-state index in [9.17, 15) is 24.0 Å². The van der Waals surface area contributed by atoms with Crippen LogP contribution in [0.15, 0.2) is 12.1 Å². The molecule has 0 bridgehead atoms. The van der Waals surface area contributed by atoms with Crippen molar-refractivity contribution in [3.05, 3.63) is 34.4 Å². The van der Waals surface area contributed by atoms with E-state index >= 15 is 0 Å². The Morgan fingerprint density at radius 1 is 0.903 bits per heavy atom. The van der Waals surface area contributed by atoms with Gasteiger partial charge in [0, 0.05) is 25.6 Å². The van der Waals surface area contributed by atoms with Crippen molar-refractivity contribution in [2.75, 3.05) is 0 Å². The number of rotatable bonds is 4. The highest BCUT2D eigenvalue weighted by Gasteiger charge is 2.45. The van der Waals surface area contributed by atoms with E-state index in [0.29, 0.717) is 36.7 Å². The number of hydrogen-bond donors (Lipinski definition) is 1. The zero-order chi connectivity index (χ0) is 21.7. The molecule has 9 heteroatoms. The molecule has 1 aliphatic carbocycles. The smallest absolute Gasteiger partial charge is 0.293 e. The standard InChI is InChI=1S/C22H23N3O6/c26-11-31-15-3-1-14(2-4-15)24-9-12-7-16-17(8-13(12)10-24)22(30)25(21(16)29)18-5-6-19(27)23-20(18)28/h7-8,11,14-15,18H,1-6,9-10H2,(H,23,27,28). The molecule has 1 atom stereocenters. The lowest BCUT2D eigenvalue weighted by molar-refractivity contribution is -0.137. The summed E-state index contributed by atoms with van der Waals surface area (Å²) in [6, 6.07) is 3.01. The number of nitrogens with zero attached hydrogens (tertiary/aromatic N) is 2. The lowest BCUT2D eigenvalue weighted by Gasteiger charge is -2.33. The number of carbonyl (C=O) groups is 5. The SMILES string of the molecule is O=COC1CCC(N2Cc3cc4c(cc3C2)C(=O)N(C2CCC(=O)NC2=O)C4=O)CC1. The molecule has 0 aromatic heterocycles. The Morgan fingerprint density at radius 3 is 2.06 bits per heavy atom. The Bertz CT molecular complexity index is 952. The molecule has 162 valence electrons. The van der Waals surface area contributed by atoms with Gasteiger partial charge in [0.2, 0.25) is 11.8 Å². The number of amides is 4. The third-order valence-electron chi connectivity index (χ3n) is 6.91. The van der Waals surface area contributed by atoms with Crippen LogP contribution in [0.3, 0.4) is 0 Å². The van der Waals surface area contributed by atoms with Crippen molar-refractivity contribution in [3.8, 4) is 0 Å². The first-order chi connectivity index (χ1) is 15.0. The lowest BCUT2D eigenvalue weighted by Crippen LogP contribution is -2.54. The largest absolute Gasteiger partial charge is 0.465 e. The van der Waals surface area contributed by atoms with Gasteiger partial charge < -0.3 is 4.74 Å². The van der Waals surface area contributed by atoms with Gasteiger partial charge in [0.15, 0.2) is 0 Å². The number of carbonyl (C=O) groups excluding carboxylic acids is 5. The van der Waals surface area contributed by atoms with E-state index in [2.05, 4.69) is 10.2 Å². The molecule has 1 saturated heterocycles. The molecule has 3 aliphatic heterocycles. The van der Waals surface area contributed by atoms with Crippen LogP contribution in [0, 0.1) is 0 Å². The van der Waals surface area contributed by atoms with E-state index in [0.717, 1.165) is 41.7 Å². The molecular formula is C22H23N3O6. The molecule has 9 nitrogen and oxygen atoms in total. The number of imide groups is 2. The Balaban J connectivity index is 1.32. The van der Waals surface area contributed by atoms with Crippen LogP contribution >= 0.6 is 0 Å². The van der Waals surface area contributed by atoms with Crippen molar-refractivity contribution in [3.63, 3.8) is 0 Å². The van der Waals surface area contributed by atoms with E-state index in [1.807, 2.05) is 0 Å². The third-order valence-corrected chi connectivity index (χ3v) is 6.91. The summed E-state index contributed by atoms with van der Waals surface area (Å²) < 4.78 is 5.08. The van der Waals surface area contributed by atoms with Crippen molar-refractivity contribution >= 4 is 30.1 Å². The molecule has 5 rings (SSSR count). The molecule has 1 N–H and O–H groups in total. The zero-order valence-corrected chi connectivity index (χ0v) is 17.0. The fraction of sp³-hybridized carbons (Fsp3) is 0.500. The predicted molar refractivity (Wildman–Crippen MR) is 106 cm³/mol. The predicted octanol–water partition coefficient (Wildman–Crippen LogP) is 0.888. The molecule has 0 spiro atoms. The molecule has 2 fully saturated rings. The van der Waals surface area contributed by atoms with E-state index in [4.69, 9.17) is 4.74 Å². The average Bonchev–Trinajstić information content (AvgIpc) is 3.27. The second-order valence-electron chi connectivity index (χ2n) is 8.68. The van der Waals surface area contributed by atoms with Crippen LogP contribution < -0.4 is 5.32 Å². The van der Waals surface area contributed by atoms with Crippen LogP contribution in [-0.2, 0) is 32.2 Å². The van der Waals surface area contributed by atoms with Gasteiger partial charge in [-0.3, -0.25) is 39.1 Å². The summed E-state index contributed by atoms with van der Waals surface area (Å²) in [5.74, 6) is -1.92. The van der Waals surface area contributed by atoms with Gasteiger partial charge in [-0.1, -0.05) is 0 Å². The highest BCUT2D eigenvalue weighted by molar-refractivity contribution is 6.23. The maximum Gasteiger partial charge on any atom is 0.293 e. The van der Waals surface area contributed by atoms with Gasteiger partial charge in [0.1, 0.15) is 12.1 Å². The maximum atomic E-state index is 13.0. The van der Waals surface area contributed by atoms with Crippen LogP contribution in [0.4, 0.5) is 0 Å². The van der Waals surface area contributed by atoms with Gasteiger partial charge in [-0.2, -0.15) is 0 Å². The van der Waals surface area contributed by atoms with E-state index in [1.54, 1.807) is 12.1 Å². The number of hydrogen-bond acceptors (Lipinski definition) is 7. The van der Waals surface area contributed by atoms with Crippen molar-refractivity contribution in [2.24, 2.45) is 0 Å². The maximum absolute atomic E-state index is 13.0. The van der Waals surface area contributed by atoms with Gasteiger partial charge in [-0.05, 0) is 55.4 Å². The summed E-state index contributed by atoms with van der Waals surface area (Å²) in [7, 11) is 0. The Hall–Kier alpha value is -3.07. The second kappa shape index (κ2) is 7.56. The molecule has 1 saturated carbocycles. The quantitative estimate of drug-likeness (QED) is 0.563. The Kier molecular flexibility index (Phi) is 4.85. The van der Waals surface area contributed by atoms with Crippen molar-refractivity contribution in [2.45, 2.75) is 69.8 Å². The van der Waals surface area contributed by atoms with Crippen molar-refractivity contribution < 1.29 is 28.7 Å². The van der Waals surface area contributed by atoms with Gasteiger partial charge in [0.25, 0.3) is 18.3 Å². The van der Waals surface area contributed by atoms with Gasteiger partial charge in [-0.15, -0.1) is 0 Å². The highest BCUT2D eigenvalue weighted by Crippen LogP contribution is 2.36. The van der Waals surface area contributed by atoms with Crippen LogP contribution in [0.25, 0.3) is 0 Å². The van der Waals surface area contributed by atoms with E-state index in [-0.39, 0.29) is 24.9 Å². The fourth-order valence-corrected chi connectivity index (χ4v) is 5.28. The number of ether oxygens (including phenoxy) is 1. The summed E-state index contributed by atoms with van der Waals surface area (Å²) in [6.07, 6.45) is 3.81. The molecule has 1 unspecified atom stereocenters. The summed E-state index contributed by atoms with van der Waals surface area (Å²) >= 11 is 0. The normalized spacial score (nSPS) is 28.4. The van der Waals surface area contributed by atoms with Crippen LogP contribution in [0.2, 0.25) is 0 Å². The molecule has 31 heavy (non-hydrogen) atoms. The molecule has 1 aromatic rings. The fourth-order valence-electron chi connectivity index (χ4n) is 5.28. The first-order valence-electron chi connectivity index (χ1n) is 10.7. The van der Waals surface area contributed by atoms with Gasteiger partial charge >= 0.3 is 0 Å². The molecule has 4 aliphatic rings. The first kappa shape index (κ1) is 19.9. The molecule has 3 heterocycles. The van der Waals surface area contributed by atoms with Gasteiger partial charge in [0.05, 0.1) is 11.1 Å². The second-order valence-corrected chi connectivity index (χ2v) is 8.68. The number of benzene rings is 1. The lowest BCUT2D eigenvalue weighted by atomic mass is 9.92. The summed E-state index contributed by atoms with van der Waals surface area (Å²) in [5, 5.41) is 2.21. The minimum Gasteiger partial charge on any atom is -0.465 e. The molecular weight excluding hydrogens is 402 g/mol. The Labute approximate surface area is 178 Å². The third kappa shape index (κ3) is 3.33. The van der Waals surface area contributed by atoms with Crippen LogP contribution in [0.5, 0.6) is 0 Å². The van der Waals surface area contributed by atoms with E-state index < -0.39 is 23.8 Å². The molecule has 1 aromatic carbocycles. The summed E-state index contributed by atoms with van der Waals surface area (Å²) in [5.41, 5.74) is 2.71. The summed E-state index contributed by atoms with van der Waals surface area (Å²) in [4.78, 5) is 63.5. The van der Waals surface area contributed by atoms with Crippen LogP contribution in [0.1, 0.15) is 70.4 Å². The number of fused-ring (bicyclic) bond motifs is 2. The Morgan fingerprint density at radius 2 is 1.52 bits per heavy atom. The molecule has 4 amide bonds. The topological polar surface area (TPSA) is 113 Å². The van der Waals surface area contributed by atoms with E-state index in [1.165, 1.54) is 0 Å².